The van der Waals surface area contributed by atoms with E-state index in [1.54, 1.807) is 13.8 Å². The summed E-state index contributed by atoms with van der Waals surface area (Å²) in [6, 6.07) is 3.97. The smallest absolute Gasteiger partial charge is 0.175 e. The number of hydrogen-bond acceptors (Lipinski definition) is 4. The molecule has 0 unspecified atom stereocenters. The molecule has 0 radical (unpaired) electrons. The van der Waals surface area contributed by atoms with Gasteiger partial charge in [0.05, 0.1) is 16.7 Å². The third-order valence-electron chi connectivity index (χ3n) is 2.52. The van der Waals surface area contributed by atoms with Crippen molar-refractivity contribution < 1.29 is 14.6 Å². The maximum atomic E-state index is 9.77. The fraction of sp³-hybridized carbons (Fsp3) is 0.600. The van der Waals surface area contributed by atoms with Gasteiger partial charge in [0.2, 0.25) is 0 Å². The van der Waals surface area contributed by atoms with E-state index in [2.05, 4.69) is 28.2 Å². The van der Waals surface area contributed by atoms with Crippen LogP contribution in [0, 0.1) is 0 Å². The zero-order valence-electron chi connectivity index (χ0n) is 12.6. The minimum absolute atomic E-state index is 0.207. The van der Waals surface area contributed by atoms with Crippen molar-refractivity contribution in [1.82, 2.24) is 5.32 Å². The monoisotopic (exact) mass is 345 g/mol. The lowest BCUT2D eigenvalue weighted by molar-refractivity contribution is 0.0271. The highest BCUT2D eigenvalue weighted by Crippen LogP contribution is 2.37. The molecule has 1 rings (SSSR count). The second-order valence-electron chi connectivity index (χ2n) is 5.22. The van der Waals surface area contributed by atoms with Crippen LogP contribution < -0.4 is 14.8 Å². The molecule has 4 nitrogen and oxygen atoms in total. The van der Waals surface area contributed by atoms with Crippen molar-refractivity contribution in [1.29, 1.82) is 0 Å². The van der Waals surface area contributed by atoms with Gasteiger partial charge in [-0.15, -0.1) is 0 Å². The first kappa shape index (κ1) is 17.3. The van der Waals surface area contributed by atoms with E-state index in [0.717, 1.165) is 23.1 Å². The summed E-state index contributed by atoms with van der Waals surface area (Å²) in [5.74, 6) is 1.33. The molecule has 0 aromatic heterocycles. The summed E-state index contributed by atoms with van der Waals surface area (Å²) in [5.41, 5.74) is 0.239. The van der Waals surface area contributed by atoms with Crippen molar-refractivity contribution in [2.24, 2.45) is 0 Å². The molecular formula is C15H24BrNO3. The molecule has 0 fully saturated rings. The van der Waals surface area contributed by atoms with Crippen LogP contribution in [-0.4, -0.2) is 30.5 Å². The summed E-state index contributed by atoms with van der Waals surface area (Å²) in [7, 11) is 0. The lowest BCUT2D eigenvalue weighted by Gasteiger charge is -2.21. The molecular weight excluding hydrogens is 322 g/mol. The molecule has 1 aromatic rings. The lowest BCUT2D eigenvalue weighted by atomic mass is 10.1. The Morgan fingerprint density at radius 3 is 2.50 bits per heavy atom. The van der Waals surface area contributed by atoms with Gasteiger partial charge in [0.15, 0.2) is 11.5 Å². The maximum Gasteiger partial charge on any atom is 0.175 e. The van der Waals surface area contributed by atoms with Gasteiger partial charge in [0, 0.05) is 6.54 Å². The zero-order chi connectivity index (χ0) is 15.2. The molecule has 0 saturated heterocycles. The summed E-state index contributed by atoms with van der Waals surface area (Å²) < 4.78 is 12.2. The molecule has 2 N–H and O–H groups in total. The largest absolute Gasteiger partial charge is 0.490 e. The highest BCUT2D eigenvalue weighted by atomic mass is 79.9. The Morgan fingerprint density at radius 2 is 1.95 bits per heavy atom. The van der Waals surface area contributed by atoms with Gasteiger partial charge < -0.3 is 19.9 Å². The van der Waals surface area contributed by atoms with E-state index < -0.39 is 5.60 Å². The first-order valence-electron chi connectivity index (χ1n) is 6.88. The second kappa shape index (κ2) is 7.86. The SMILES string of the molecule is CCNCc1cc(Br)c(OCC(C)(C)O)c(OCC)c1. The molecule has 1 aromatic carbocycles. The lowest BCUT2D eigenvalue weighted by Crippen LogP contribution is -2.28. The van der Waals surface area contributed by atoms with Gasteiger partial charge in [-0.3, -0.25) is 0 Å². The standard InChI is InChI=1S/C15H24BrNO3/c1-5-17-9-11-7-12(16)14(13(8-11)19-6-2)20-10-15(3,4)18/h7-8,17-18H,5-6,9-10H2,1-4H3. The molecule has 0 spiro atoms. The van der Waals surface area contributed by atoms with Gasteiger partial charge in [0.25, 0.3) is 0 Å². The highest BCUT2D eigenvalue weighted by molar-refractivity contribution is 9.10. The Morgan fingerprint density at radius 1 is 1.25 bits per heavy atom. The van der Waals surface area contributed by atoms with Crippen LogP contribution in [0.25, 0.3) is 0 Å². The Kier molecular flexibility index (Phi) is 6.79. The average molecular weight is 346 g/mol. The van der Waals surface area contributed by atoms with Crippen LogP contribution in [0.3, 0.4) is 0 Å². The number of halogens is 1. The molecule has 5 heteroatoms. The van der Waals surface area contributed by atoms with Crippen LogP contribution >= 0.6 is 15.9 Å². The molecule has 0 atom stereocenters. The topological polar surface area (TPSA) is 50.7 Å². The van der Waals surface area contributed by atoms with E-state index in [9.17, 15) is 5.11 Å². The maximum absolute atomic E-state index is 9.77. The predicted octanol–water partition coefficient (Wildman–Crippen LogP) is 3.11. The molecule has 0 aliphatic rings. The number of hydrogen-bond donors (Lipinski definition) is 2. The number of rotatable bonds is 8. The molecule has 0 heterocycles. The first-order chi connectivity index (χ1) is 9.37. The Hall–Kier alpha value is -0.780. The van der Waals surface area contributed by atoms with Crippen molar-refractivity contribution in [3.8, 4) is 11.5 Å². The van der Waals surface area contributed by atoms with Crippen LogP contribution in [0.2, 0.25) is 0 Å². The Labute approximate surface area is 129 Å². The van der Waals surface area contributed by atoms with Crippen LogP contribution in [0.15, 0.2) is 16.6 Å². The molecule has 0 aliphatic carbocycles. The van der Waals surface area contributed by atoms with Gasteiger partial charge in [-0.25, -0.2) is 0 Å². The quantitative estimate of drug-likeness (QED) is 0.760. The summed E-state index contributed by atoms with van der Waals surface area (Å²) in [4.78, 5) is 0. The summed E-state index contributed by atoms with van der Waals surface area (Å²) >= 11 is 3.51. The van der Waals surface area contributed by atoms with Gasteiger partial charge in [-0.05, 0) is 60.9 Å². The van der Waals surface area contributed by atoms with E-state index in [1.165, 1.54) is 0 Å². The van der Waals surface area contributed by atoms with E-state index >= 15 is 0 Å². The number of benzene rings is 1. The van der Waals surface area contributed by atoms with E-state index in [4.69, 9.17) is 9.47 Å². The highest BCUT2D eigenvalue weighted by Gasteiger charge is 2.18. The molecule has 114 valence electrons. The molecule has 0 aliphatic heterocycles. The van der Waals surface area contributed by atoms with Crippen LogP contribution in [0.4, 0.5) is 0 Å². The summed E-state index contributed by atoms with van der Waals surface area (Å²) in [5, 5.41) is 13.0. The molecule has 20 heavy (non-hydrogen) atoms. The molecule has 0 amide bonds. The van der Waals surface area contributed by atoms with Crippen molar-refractivity contribution >= 4 is 15.9 Å². The second-order valence-corrected chi connectivity index (χ2v) is 6.07. The molecule has 0 bridgehead atoms. The number of ether oxygens (including phenoxy) is 2. The first-order valence-corrected chi connectivity index (χ1v) is 7.67. The van der Waals surface area contributed by atoms with E-state index in [0.29, 0.717) is 18.1 Å². The predicted molar refractivity (Wildman–Crippen MR) is 84.5 cm³/mol. The minimum Gasteiger partial charge on any atom is -0.490 e. The van der Waals surface area contributed by atoms with Gasteiger partial charge in [-0.2, -0.15) is 0 Å². The number of nitrogens with one attached hydrogen (secondary N) is 1. The summed E-state index contributed by atoms with van der Waals surface area (Å²) in [6.07, 6.45) is 0. The van der Waals surface area contributed by atoms with Crippen LogP contribution in [0.5, 0.6) is 11.5 Å². The zero-order valence-corrected chi connectivity index (χ0v) is 14.2. The van der Waals surface area contributed by atoms with Gasteiger partial charge in [-0.1, -0.05) is 6.92 Å². The fourth-order valence-corrected chi connectivity index (χ4v) is 2.25. The molecule has 0 saturated carbocycles. The van der Waals surface area contributed by atoms with Crippen LogP contribution in [-0.2, 0) is 6.54 Å². The summed E-state index contributed by atoms with van der Waals surface area (Å²) in [6.45, 7) is 9.89. The normalized spacial score (nSPS) is 11.5. The van der Waals surface area contributed by atoms with Crippen molar-refractivity contribution in [2.75, 3.05) is 19.8 Å². The van der Waals surface area contributed by atoms with Crippen LogP contribution in [0.1, 0.15) is 33.3 Å². The Bertz CT molecular complexity index is 430. The average Bonchev–Trinajstić information content (AvgIpc) is 2.34. The van der Waals surface area contributed by atoms with Crippen molar-refractivity contribution in [2.45, 2.75) is 39.8 Å². The fourth-order valence-electron chi connectivity index (χ4n) is 1.64. The third-order valence-corrected chi connectivity index (χ3v) is 3.11. The van der Waals surface area contributed by atoms with E-state index in [-0.39, 0.29) is 6.61 Å². The van der Waals surface area contributed by atoms with Crippen molar-refractivity contribution in [3.63, 3.8) is 0 Å². The third kappa shape index (κ3) is 5.69. The minimum atomic E-state index is -0.884. The van der Waals surface area contributed by atoms with Gasteiger partial charge >= 0.3 is 0 Å². The van der Waals surface area contributed by atoms with E-state index in [1.807, 2.05) is 19.1 Å². The number of aliphatic hydroxyl groups is 1. The van der Waals surface area contributed by atoms with Gasteiger partial charge in [0.1, 0.15) is 6.61 Å². The van der Waals surface area contributed by atoms with Crippen molar-refractivity contribution in [3.05, 3.63) is 22.2 Å². The Balaban J connectivity index is 2.96.